The summed E-state index contributed by atoms with van der Waals surface area (Å²) in [6, 6.07) is 16.4. The van der Waals surface area contributed by atoms with Crippen LogP contribution in [0.1, 0.15) is 17.0 Å². The summed E-state index contributed by atoms with van der Waals surface area (Å²) in [7, 11) is 1.76. The molecule has 1 aliphatic heterocycles. The molecule has 5 rings (SSSR count). The van der Waals surface area contributed by atoms with E-state index in [9.17, 15) is 4.79 Å². The lowest BCUT2D eigenvalue weighted by Crippen LogP contribution is -2.46. The number of aryl methyl sites for hydroxylation is 2. The third kappa shape index (κ3) is 3.97. The molecule has 7 heteroatoms. The van der Waals surface area contributed by atoms with Crippen molar-refractivity contribution in [3.63, 3.8) is 0 Å². The van der Waals surface area contributed by atoms with Crippen LogP contribution < -0.4 is 5.56 Å². The Hall–Kier alpha value is -3.29. The molecule has 0 saturated carbocycles. The number of nitrogens with zero attached hydrogens (tertiary/aromatic N) is 6. The highest BCUT2D eigenvalue weighted by Gasteiger charge is 2.20. The molecule has 0 bridgehead atoms. The molecule has 3 heterocycles. The van der Waals surface area contributed by atoms with Gasteiger partial charge in [-0.3, -0.25) is 23.6 Å². The van der Waals surface area contributed by atoms with Crippen LogP contribution in [0.15, 0.2) is 59.4 Å². The molecular weight excluding hydrogens is 400 g/mol. The molecule has 1 fully saturated rings. The lowest BCUT2D eigenvalue weighted by atomic mass is 10.1. The number of fused-ring (bicyclic) bond motifs is 3. The van der Waals surface area contributed by atoms with Crippen molar-refractivity contribution < 1.29 is 0 Å². The normalized spacial score (nSPS) is 15.9. The lowest BCUT2D eigenvalue weighted by molar-refractivity contribution is 0.134. The van der Waals surface area contributed by atoms with E-state index in [2.05, 4.69) is 56.4 Å². The molecule has 0 N–H and O–H groups in total. The van der Waals surface area contributed by atoms with E-state index in [0.29, 0.717) is 11.2 Å². The monoisotopic (exact) mass is 428 g/mol. The first kappa shape index (κ1) is 20.6. The second-order valence-corrected chi connectivity index (χ2v) is 8.53. The van der Waals surface area contributed by atoms with Crippen LogP contribution in [-0.4, -0.2) is 61.7 Å². The van der Waals surface area contributed by atoms with E-state index in [1.165, 1.54) is 5.56 Å². The van der Waals surface area contributed by atoms with Gasteiger partial charge in [-0.15, -0.1) is 10.2 Å². The lowest BCUT2D eigenvalue weighted by Gasteiger charge is -2.33. The third-order valence-electron chi connectivity index (χ3n) is 6.24. The molecular formula is C25H28N6O. The Balaban J connectivity index is 1.29. The van der Waals surface area contributed by atoms with Gasteiger partial charge < -0.3 is 0 Å². The Kier molecular flexibility index (Phi) is 5.59. The molecule has 0 amide bonds. The number of aromatic nitrogens is 4. The van der Waals surface area contributed by atoms with Crippen molar-refractivity contribution in [2.45, 2.75) is 13.5 Å². The maximum Gasteiger partial charge on any atom is 0.262 e. The zero-order chi connectivity index (χ0) is 22.1. The molecule has 164 valence electrons. The Labute approximate surface area is 187 Å². The first-order valence-electron chi connectivity index (χ1n) is 11.1. The molecule has 0 spiro atoms. The highest BCUT2D eigenvalue weighted by Crippen LogP contribution is 2.17. The zero-order valence-corrected chi connectivity index (χ0v) is 18.6. The third-order valence-corrected chi connectivity index (χ3v) is 6.24. The fourth-order valence-corrected chi connectivity index (χ4v) is 4.39. The van der Waals surface area contributed by atoms with E-state index < -0.39 is 0 Å². The fraction of sp³-hybridized carbons (Fsp3) is 0.320. The van der Waals surface area contributed by atoms with Gasteiger partial charge in [0.25, 0.3) is 5.56 Å². The van der Waals surface area contributed by atoms with Crippen molar-refractivity contribution in [1.29, 1.82) is 0 Å². The van der Waals surface area contributed by atoms with Crippen molar-refractivity contribution in [3.8, 4) is 0 Å². The summed E-state index contributed by atoms with van der Waals surface area (Å²) in [5.74, 6) is 1.47. The largest absolute Gasteiger partial charge is 0.297 e. The molecule has 2 aromatic carbocycles. The maximum atomic E-state index is 12.8. The minimum Gasteiger partial charge on any atom is -0.297 e. The molecule has 0 aliphatic carbocycles. The fourth-order valence-electron chi connectivity index (χ4n) is 4.39. The van der Waals surface area contributed by atoms with E-state index in [1.54, 1.807) is 11.6 Å². The molecule has 0 unspecified atom stereocenters. The average Bonchev–Trinajstić information content (AvgIpc) is 3.23. The van der Waals surface area contributed by atoms with Crippen LogP contribution in [0.25, 0.3) is 22.8 Å². The Morgan fingerprint density at radius 2 is 1.72 bits per heavy atom. The van der Waals surface area contributed by atoms with Gasteiger partial charge in [0.2, 0.25) is 5.78 Å². The van der Waals surface area contributed by atoms with Crippen LogP contribution in [0.5, 0.6) is 0 Å². The predicted molar refractivity (Wildman–Crippen MR) is 128 cm³/mol. The van der Waals surface area contributed by atoms with E-state index >= 15 is 0 Å². The van der Waals surface area contributed by atoms with Crippen molar-refractivity contribution in [2.24, 2.45) is 7.05 Å². The van der Waals surface area contributed by atoms with Gasteiger partial charge in [-0.25, -0.2) is 0 Å². The topological polar surface area (TPSA) is 58.7 Å². The van der Waals surface area contributed by atoms with Crippen LogP contribution >= 0.6 is 0 Å². The van der Waals surface area contributed by atoms with Crippen LogP contribution in [0.2, 0.25) is 0 Å². The Morgan fingerprint density at radius 3 is 2.50 bits per heavy atom. The molecule has 0 atom stereocenters. The molecule has 1 aliphatic rings. The van der Waals surface area contributed by atoms with Gasteiger partial charge in [-0.05, 0) is 24.6 Å². The number of rotatable bonds is 5. The minimum absolute atomic E-state index is 0.0349. The Bertz CT molecular complexity index is 1330. The van der Waals surface area contributed by atoms with Gasteiger partial charge in [0.1, 0.15) is 0 Å². The molecule has 2 aromatic heterocycles. The van der Waals surface area contributed by atoms with Crippen LogP contribution in [0.4, 0.5) is 0 Å². The standard InChI is InChI=1S/C25H28N6O/c1-19-10-11-22-21(17-19)24(32)28(2)25-27-26-23(31(22)25)18-30-15-13-29(14-16-30)12-6-9-20-7-4-3-5-8-20/h3-11,17H,12-16,18H2,1-2H3/b9-6+. The molecule has 32 heavy (non-hydrogen) atoms. The van der Waals surface area contributed by atoms with Gasteiger partial charge in [0, 0.05) is 39.8 Å². The summed E-state index contributed by atoms with van der Waals surface area (Å²) in [4.78, 5) is 17.7. The van der Waals surface area contributed by atoms with Crippen molar-refractivity contribution in [1.82, 2.24) is 29.0 Å². The van der Waals surface area contributed by atoms with E-state index in [-0.39, 0.29) is 5.56 Å². The van der Waals surface area contributed by atoms with E-state index in [4.69, 9.17) is 0 Å². The van der Waals surface area contributed by atoms with Crippen LogP contribution in [-0.2, 0) is 13.6 Å². The first-order chi connectivity index (χ1) is 15.6. The maximum absolute atomic E-state index is 12.8. The summed E-state index contributed by atoms with van der Waals surface area (Å²) < 4.78 is 3.63. The molecule has 0 radical (unpaired) electrons. The quantitative estimate of drug-likeness (QED) is 0.489. The SMILES string of the molecule is Cc1ccc2c(c1)c(=O)n(C)c1nnc(CN3CCN(C/C=C/c4ccccc4)CC3)n21. The van der Waals surface area contributed by atoms with Gasteiger partial charge in [-0.1, -0.05) is 54.1 Å². The van der Waals surface area contributed by atoms with Crippen LogP contribution in [0, 0.1) is 6.92 Å². The molecule has 7 nitrogen and oxygen atoms in total. The number of piperazine rings is 1. The summed E-state index contributed by atoms with van der Waals surface area (Å²) in [5, 5.41) is 9.49. The van der Waals surface area contributed by atoms with Gasteiger partial charge in [0.05, 0.1) is 17.4 Å². The van der Waals surface area contributed by atoms with Crippen LogP contribution in [0.3, 0.4) is 0 Å². The first-order valence-corrected chi connectivity index (χ1v) is 11.1. The van der Waals surface area contributed by atoms with Crippen molar-refractivity contribution in [2.75, 3.05) is 32.7 Å². The second-order valence-electron chi connectivity index (χ2n) is 8.53. The van der Waals surface area contributed by atoms with Gasteiger partial charge >= 0.3 is 0 Å². The summed E-state index contributed by atoms with van der Waals surface area (Å²) in [6.45, 7) is 7.69. The van der Waals surface area contributed by atoms with Crippen molar-refractivity contribution in [3.05, 3.63) is 81.9 Å². The smallest absolute Gasteiger partial charge is 0.262 e. The number of hydrogen-bond acceptors (Lipinski definition) is 5. The van der Waals surface area contributed by atoms with Gasteiger partial charge in [-0.2, -0.15) is 0 Å². The van der Waals surface area contributed by atoms with E-state index in [0.717, 1.165) is 56.2 Å². The van der Waals surface area contributed by atoms with Crippen molar-refractivity contribution >= 4 is 22.8 Å². The average molecular weight is 429 g/mol. The number of benzene rings is 2. The highest BCUT2D eigenvalue weighted by atomic mass is 16.1. The van der Waals surface area contributed by atoms with Gasteiger partial charge in [0.15, 0.2) is 5.82 Å². The molecule has 4 aromatic rings. The van der Waals surface area contributed by atoms with E-state index in [1.807, 2.05) is 35.6 Å². The Morgan fingerprint density at radius 1 is 0.969 bits per heavy atom. The summed E-state index contributed by atoms with van der Waals surface area (Å²) in [5.41, 5.74) is 3.15. The second kappa shape index (κ2) is 8.68. The number of hydrogen-bond donors (Lipinski definition) is 0. The highest BCUT2D eigenvalue weighted by molar-refractivity contribution is 5.81. The summed E-state index contributed by atoms with van der Waals surface area (Å²) in [6.07, 6.45) is 4.43. The predicted octanol–water partition coefficient (Wildman–Crippen LogP) is 2.72. The zero-order valence-electron chi connectivity index (χ0n) is 18.6. The minimum atomic E-state index is -0.0349. The molecule has 1 saturated heterocycles. The summed E-state index contributed by atoms with van der Waals surface area (Å²) >= 11 is 0.